The maximum Gasteiger partial charge on any atom is 0.0445 e. The van der Waals surface area contributed by atoms with Crippen molar-refractivity contribution in [1.29, 1.82) is 0 Å². The topological polar surface area (TPSA) is 32.3 Å². The summed E-state index contributed by atoms with van der Waals surface area (Å²) in [5.41, 5.74) is 0. The summed E-state index contributed by atoms with van der Waals surface area (Å²) in [6.07, 6.45) is 5.95. The van der Waals surface area contributed by atoms with Crippen LogP contribution < -0.4 is 5.32 Å². The van der Waals surface area contributed by atoms with Crippen molar-refractivity contribution in [2.24, 2.45) is 0 Å². The lowest BCUT2D eigenvalue weighted by Gasteiger charge is -2.13. The molecular formula is C9H21NO. The Balaban J connectivity index is 3.20. The third kappa shape index (κ3) is 6.32. The molecule has 0 aromatic heterocycles. The highest BCUT2D eigenvalue weighted by Crippen LogP contribution is 2.05. The number of hydrogen-bond donors (Lipinski definition) is 2. The number of rotatable bonds is 7. The molecule has 0 rings (SSSR count). The second kappa shape index (κ2) is 8.02. The highest BCUT2D eigenvalue weighted by Gasteiger charge is 2.02. The van der Waals surface area contributed by atoms with E-state index < -0.39 is 0 Å². The molecule has 1 unspecified atom stereocenters. The van der Waals surface area contributed by atoms with Gasteiger partial charge in [0.1, 0.15) is 0 Å². The SMILES string of the molecule is CCCCCC(CCO)NC. The normalized spacial score (nSPS) is 13.4. The van der Waals surface area contributed by atoms with Crippen molar-refractivity contribution >= 4 is 0 Å². The fourth-order valence-corrected chi connectivity index (χ4v) is 1.23. The summed E-state index contributed by atoms with van der Waals surface area (Å²) in [4.78, 5) is 0. The van der Waals surface area contributed by atoms with Crippen LogP contribution in [-0.4, -0.2) is 24.8 Å². The zero-order valence-electron chi connectivity index (χ0n) is 7.77. The molecule has 0 bridgehead atoms. The fraction of sp³-hybridized carbons (Fsp3) is 1.00. The van der Waals surface area contributed by atoms with E-state index in [-0.39, 0.29) is 0 Å². The van der Waals surface area contributed by atoms with Gasteiger partial charge in [0.25, 0.3) is 0 Å². The number of unbranched alkanes of at least 4 members (excludes halogenated alkanes) is 2. The monoisotopic (exact) mass is 159 g/mol. The van der Waals surface area contributed by atoms with Crippen LogP contribution in [0, 0.1) is 0 Å². The summed E-state index contributed by atoms with van der Waals surface area (Å²) in [5, 5.41) is 11.9. The van der Waals surface area contributed by atoms with Gasteiger partial charge in [-0.15, -0.1) is 0 Å². The Morgan fingerprint density at radius 2 is 2.00 bits per heavy atom. The van der Waals surface area contributed by atoms with E-state index in [2.05, 4.69) is 12.2 Å². The van der Waals surface area contributed by atoms with Crippen molar-refractivity contribution in [2.45, 2.75) is 45.1 Å². The summed E-state index contributed by atoms with van der Waals surface area (Å²) in [6.45, 7) is 2.51. The maximum atomic E-state index is 8.68. The molecule has 0 aromatic carbocycles. The zero-order valence-corrected chi connectivity index (χ0v) is 7.77. The van der Waals surface area contributed by atoms with E-state index in [9.17, 15) is 0 Å². The standard InChI is InChI=1S/C9H21NO/c1-3-4-5-6-9(10-2)7-8-11/h9-11H,3-8H2,1-2H3. The van der Waals surface area contributed by atoms with E-state index >= 15 is 0 Å². The lowest BCUT2D eigenvalue weighted by molar-refractivity contribution is 0.262. The predicted octanol–water partition coefficient (Wildman–Crippen LogP) is 1.54. The van der Waals surface area contributed by atoms with Gasteiger partial charge in [0, 0.05) is 12.6 Å². The highest BCUT2D eigenvalue weighted by molar-refractivity contribution is 4.63. The quantitative estimate of drug-likeness (QED) is 0.552. The Morgan fingerprint density at radius 1 is 1.27 bits per heavy atom. The molecule has 0 saturated heterocycles. The van der Waals surface area contributed by atoms with Gasteiger partial charge in [-0.25, -0.2) is 0 Å². The average Bonchev–Trinajstić information content (AvgIpc) is 2.03. The first-order chi connectivity index (χ1) is 5.35. The molecular weight excluding hydrogens is 138 g/mol. The summed E-state index contributed by atoms with van der Waals surface area (Å²) >= 11 is 0. The molecule has 0 fully saturated rings. The molecule has 0 aliphatic heterocycles. The van der Waals surface area contributed by atoms with Gasteiger partial charge in [-0.05, 0) is 19.9 Å². The highest BCUT2D eigenvalue weighted by atomic mass is 16.3. The van der Waals surface area contributed by atoms with E-state index in [0.29, 0.717) is 12.6 Å². The number of nitrogens with one attached hydrogen (secondary N) is 1. The fourth-order valence-electron chi connectivity index (χ4n) is 1.23. The summed E-state index contributed by atoms with van der Waals surface area (Å²) in [6, 6.07) is 0.520. The first kappa shape index (κ1) is 10.9. The van der Waals surface area contributed by atoms with E-state index in [1.54, 1.807) is 0 Å². The molecule has 2 heteroatoms. The Hall–Kier alpha value is -0.0800. The third-order valence-electron chi connectivity index (χ3n) is 2.04. The van der Waals surface area contributed by atoms with Crippen LogP contribution >= 0.6 is 0 Å². The van der Waals surface area contributed by atoms with Crippen molar-refractivity contribution < 1.29 is 5.11 Å². The van der Waals surface area contributed by atoms with Gasteiger partial charge >= 0.3 is 0 Å². The van der Waals surface area contributed by atoms with Crippen LogP contribution in [0.4, 0.5) is 0 Å². The van der Waals surface area contributed by atoms with E-state index in [4.69, 9.17) is 5.11 Å². The van der Waals surface area contributed by atoms with Crippen LogP contribution in [0.1, 0.15) is 39.0 Å². The van der Waals surface area contributed by atoms with Crippen LogP contribution in [0.5, 0.6) is 0 Å². The van der Waals surface area contributed by atoms with Crippen LogP contribution in [0.15, 0.2) is 0 Å². The Labute approximate surface area is 70.0 Å². The molecule has 0 aliphatic rings. The number of hydrogen-bond acceptors (Lipinski definition) is 2. The van der Waals surface area contributed by atoms with E-state index in [1.165, 1.54) is 25.7 Å². The van der Waals surface area contributed by atoms with Gasteiger partial charge in [0.2, 0.25) is 0 Å². The van der Waals surface area contributed by atoms with E-state index in [0.717, 1.165) is 6.42 Å². The van der Waals surface area contributed by atoms with Crippen molar-refractivity contribution in [3.8, 4) is 0 Å². The van der Waals surface area contributed by atoms with Crippen LogP contribution in [0.25, 0.3) is 0 Å². The molecule has 0 saturated carbocycles. The second-order valence-corrected chi connectivity index (χ2v) is 2.99. The Bertz CT molecular complexity index is 76.0. The zero-order chi connectivity index (χ0) is 8.53. The summed E-state index contributed by atoms with van der Waals surface area (Å²) in [7, 11) is 1.96. The van der Waals surface area contributed by atoms with Crippen molar-refractivity contribution in [2.75, 3.05) is 13.7 Å². The first-order valence-electron chi connectivity index (χ1n) is 4.63. The van der Waals surface area contributed by atoms with Crippen molar-refractivity contribution in [3.63, 3.8) is 0 Å². The third-order valence-corrected chi connectivity index (χ3v) is 2.04. The van der Waals surface area contributed by atoms with Gasteiger partial charge in [-0.2, -0.15) is 0 Å². The lowest BCUT2D eigenvalue weighted by Crippen LogP contribution is -2.25. The molecule has 2 nitrogen and oxygen atoms in total. The van der Waals surface area contributed by atoms with Crippen LogP contribution in [-0.2, 0) is 0 Å². The molecule has 0 heterocycles. The minimum Gasteiger partial charge on any atom is -0.396 e. The van der Waals surface area contributed by atoms with Gasteiger partial charge in [0.05, 0.1) is 0 Å². The minimum absolute atomic E-state index is 0.303. The summed E-state index contributed by atoms with van der Waals surface area (Å²) < 4.78 is 0. The maximum absolute atomic E-state index is 8.68. The molecule has 1 atom stereocenters. The van der Waals surface area contributed by atoms with Gasteiger partial charge in [-0.1, -0.05) is 26.2 Å². The molecule has 0 radical (unpaired) electrons. The number of aliphatic hydroxyl groups excluding tert-OH is 1. The average molecular weight is 159 g/mol. The largest absolute Gasteiger partial charge is 0.396 e. The molecule has 68 valence electrons. The molecule has 11 heavy (non-hydrogen) atoms. The molecule has 0 amide bonds. The van der Waals surface area contributed by atoms with Crippen LogP contribution in [0.3, 0.4) is 0 Å². The van der Waals surface area contributed by atoms with Gasteiger partial charge in [0.15, 0.2) is 0 Å². The number of aliphatic hydroxyl groups is 1. The van der Waals surface area contributed by atoms with Gasteiger partial charge in [-0.3, -0.25) is 0 Å². The molecule has 2 N–H and O–H groups in total. The molecule has 0 aromatic rings. The van der Waals surface area contributed by atoms with Gasteiger partial charge < -0.3 is 10.4 Å². The Morgan fingerprint density at radius 3 is 2.45 bits per heavy atom. The lowest BCUT2D eigenvalue weighted by atomic mass is 10.1. The van der Waals surface area contributed by atoms with Crippen molar-refractivity contribution in [1.82, 2.24) is 5.32 Å². The molecule has 0 spiro atoms. The van der Waals surface area contributed by atoms with E-state index in [1.807, 2.05) is 7.05 Å². The minimum atomic E-state index is 0.303. The smallest absolute Gasteiger partial charge is 0.0445 e. The van der Waals surface area contributed by atoms with Crippen molar-refractivity contribution in [3.05, 3.63) is 0 Å². The second-order valence-electron chi connectivity index (χ2n) is 2.99. The molecule has 0 aliphatic carbocycles. The first-order valence-corrected chi connectivity index (χ1v) is 4.63. The predicted molar refractivity (Wildman–Crippen MR) is 48.7 cm³/mol. The van der Waals surface area contributed by atoms with Crippen LogP contribution in [0.2, 0.25) is 0 Å². The Kier molecular flexibility index (Phi) is 7.96. The summed E-state index contributed by atoms with van der Waals surface area (Å²) in [5.74, 6) is 0.